The highest BCUT2D eigenvalue weighted by Gasteiger charge is 2.34. The minimum atomic E-state index is -4.82. The molecule has 21 heavy (non-hydrogen) atoms. The maximum Gasteiger partial charge on any atom is 0.419 e. The van der Waals surface area contributed by atoms with Gasteiger partial charge in [0.15, 0.2) is 0 Å². The standard InChI is InChI=1S/C15H12F5N/c1-21-8-9-2-4-11(14(17)6-9)10-3-5-13(16)12(7-10)15(18,19)20/h2-7,21H,8H2,1H3. The van der Waals surface area contributed by atoms with Crippen LogP contribution < -0.4 is 5.32 Å². The molecular weight excluding hydrogens is 289 g/mol. The van der Waals surface area contributed by atoms with Gasteiger partial charge in [0.1, 0.15) is 11.6 Å². The molecule has 0 aliphatic rings. The number of rotatable bonds is 3. The number of hydrogen-bond acceptors (Lipinski definition) is 1. The molecule has 0 bridgehead atoms. The summed E-state index contributed by atoms with van der Waals surface area (Å²) in [6.45, 7) is 0.439. The van der Waals surface area contributed by atoms with Crippen molar-refractivity contribution in [2.75, 3.05) is 7.05 Å². The Hall–Kier alpha value is -1.95. The van der Waals surface area contributed by atoms with E-state index in [-0.39, 0.29) is 11.1 Å². The predicted molar refractivity (Wildman–Crippen MR) is 69.6 cm³/mol. The molecule has 6 heteroatoms. The molecule has 0 aliphatic heterocycles. The zero-order chi connectivity index (χ0) is 15.6. The number of hydrogen-bond donors (Lipinski definition) is 1. The van der Waals surface area contributed by atoms with E-state index in [1.807, 2.05) is 0 Å². The molecule has 0 aromatic heterocycles. The number of benzene rings is 2. The van der Waals surface area contributed by atoms with Crippen LogP contribution in [0.15, 0.2) is 36.4 Å². The zero-order valence-corrected chi connectivity index (χ0v) is 11.1. The van der Waals surface area contributed by atoms with Crippen molar-refractivity contribution in [1.82, 2.24) is 5.32 Å². The molecule has 112 valence electrons. The highest BCUT2D eigenvalue weighted by atomic mass is 19.4. The largest absolute Gasteiger partial charge is 0.419 e. The first-order valence-electron chi connectivity index (χ1n) is 6.13. The van der Waals surface area contributed by atoms with E-state index in [9.17, 15) is 22.0 Å². The Labute approximate surface area is 118 Å². The SMILES string of the molecule is CNCc1ccc(-c2ccc(F)c(C(F)(F)F)c2)c(F)c1. The zero-order valence-electron chi connectivity index (χ0n) is 11.1. The van der Waals surface area contributed by atoms with Crippen LogP contribution in [0.1, 0.15) is 11.1 Å². The second kappa shape index (κ2) is 5.81. The second-order valence-electron chi connectivity index (χ2n) is 4.54. The molecule has 2 aromatic carbocycles. The lowest BCUT2D eigenvalue weighted by molar-refractivity contribution is -0.139. The fraction of sp³-hybridized carbons (Fsp3) is 0.200. The van der Waals surface area contributed by atoms with E-state index in [0.717, 1.165) is 6.07 Å². The summed E-state index contributed by atoms with van der Waals surface area (Å²) in [7, 11) is 1.70. The van der Waals surface area contributed by atoms with Crippen LogP contribution in [0.4, 0.5) is 22.0 Å². The Balaban J connectivity index is 2.48. The van der Waals surface area contributed by atoms with Crippen LogP contribution in [0.25, 0.3) is 11.1 Å². The summed E-state index contributed by atoms with van der Waals surface area (Å²) < 4.78 is 65.2. The third-order valence-corrected chi connectivity index (χ3v) is 3.00. The van der Waals surface area contributed by atoms with Crippen molar-refractivity contribution < 1.29 is 22.0 Å². The van der Waals surface area contributed by atoms with Crippen molar-refractivity contribution in [2.24, 2.45) is 0 Å². The Morgan fingerprint density at radius 1 is 0.952 bits per heavy atom. The van der Waals surface area contributed by atoms with Crippen molar-refractivity contribution in [3.05, 3.63) is 59.2 Å². The van der Waals surface area contributed by atoms with Crippen molar-refractivity contribution in [3.63, 3.8) is 0 Å². The van der Waals surface area contributed by atoms with Gasteiger partial charge in [0, 0.05) is 12.1 Å². The molecule has 0 fully saturated rings. The van der Waals surface area contributed by atoms with E-state index in [2.05, 4.69) is 5.32 Å². The van der Waals surface area contributed by atoms with Gasteiger partial charge in [0.2, 0.25) is 0 Å². The van der Waals surface area contributed by atoms with Gasteiger partial charge < -0.3 is 5.32 Å². The van der Waals surface area contributed by atoms with E-state index >= 15 is 0 Å². The van der Waals surface area contributed by atoms with Gasteiger partial charge in [-0.25, -0.2) is 8.78 Å². The minimum Gasteiger partial charge on any atom is -0.316 e. The first-order chi connectivity index (χ1) is 9.82. The third kappa shape index (κ3) is 3.39. The first kappa shape index (κ1) is 15.4. The van der Waals surface area contributed by atoms with Crippen LogP contribution in [0.5, 0.6) is 0 Å². The van der Waals surface area contributed by atoms with Gasteiger partial charge in [-0.3, -0.25) is 0 Å². The Morgan fingerprint density at radius 3 is 2.24 bits per heavy atom. The summed E-state index contributed by atoms with van der Waals surface area (Å²) in [6, 6.07) is 6.66. The van der Waals surface area contributed by atoms with Gasteiger partial charge in [0.25, 0.3) is 0 Å². The second-order valence-corrected chi connectivity index (χ2v) is 4.54. The molecule has 0 saturated carbocycles. The molecule has 0 saturated heterocycles. The van der Waals surface area contributed by atoms with Crippen molar-refractivity contribution >= 4 is 0 Å². The van der Waals surface area contributed by atoms with E-state index in [1.165, 1.54) is 12.1 Å². The summed E-state index contributed by atoms with van der Waals surface area (Å²) in [5.74, 6) is -2.03. The lowest BCUT2D eigenvalue weighted by Gasteiger charge is -2.11. The fourth-order valence-electron chi connectivity index (χ4n) is 2.02. The first-order valence-corrected chi connectivity index (χ1v) is 6.13. The van der Waals surface area contributed by atoms with Gasteiger partial charge >= 0.3 is 6.18 Å². The van der Waals surface area contributed by atoms with Crippen LogP contribution in [-0.4, -0.2) is 7.05 Å². The molecular formula is C15H12F5N. The van der Waals surface area contributed by atoms with E-state index in [0.29, 0.717) is 24.2 Å². The number of halogens is 5. The third-order valence-electron chi connectivity index (χ3n) is 3.00. The molecule has 0 unspecified atom stereocenters. The summed E-state index contributed by atoms with van der Waals surface area (Å²) in [4.78, 5) is 0. The predicted octanol–water partition coefficient (Wildman–Crippen LogP) is 4.37. The molecule has 0 radical (unpaired) electrons. The van der Waals surface area contributed by atoms with Gasteiger partial charge in [-0.15, -0.1) is 0 Å². The topological polar surface area (TPSA) is 12.0 Å². The molecule has 1 nitrogen and oxygen atoms in total. The average molecular weight is 301 g/mol. The van der Waals surface area contributed by atoms with E-state index < -0.39 is 23.4 Å². The highest BCUT2D eigenvalue weighted by molar-refractivity contribution is 5.65. The lowest BCUT2D eigenvalue weighted by atomic mass is 10.0. The molecule has 2 aromatic rings. The van der Waals surface area contributed by atoms with Gasteiger partial charge in [0.05, 0.1) is 5.56 Å². The maximum absolute atomic E-state index is 14.0. The molecule has 0 heterocycles. The lowest BCUT2D eigenvalue weighted by Crippen LogP contribution is -2.08. The van der Waals surface area contributed by atoms with Crippen LogP contribution >= 0.6 is 0 Å². The van der Waals surface area contributed by atoms with Crippen LogP contribution in [0.2, 0.25) is 0 Å². The van der Waals surface area contributed by atoms with Crippen LogP contribution in [0, 0.1) is 11.6 Å². The van der Waals surface area contributed by atoms with Gasteiger partial charge in [-0.05, 0) is 36.4 Å². The Morgan fingerprint density at radius 2 is 1.67 bits per heavy atom. The summed E-state index contributed by atoms with van der Waals surface area (Å²) >= 11 is 0. The van der Waals surface area contributed by atoms with Crippen LogP contribution in [-0.2, 0) is 12.7 Å². The number of alkyl halides is 3. The monoisotopic (exact) mass is 301 g/mol. The van der Waals surface area contributed by atoms with E-state index in [4.69, 9.17) is 0 Å². The molecule has 0 aliphatic carbocycles. The average Bonchev–Trinajstić information content (AvgIpc) is 2.39. The molecule has 0 atom stereocenters. The van der Waals surface area contributed by atoms with E-state index in [1.54, 1.807) is 13.1 Å². The van der Waals surface area contributed by atoms with Gasteiger partial charge in [-0.1, -0.05) is 18.2 Å². The van der Waals surface area contributed by atoms with Gasteiger partial charge in [-0.2, -0.15) is 13.2 Å². The number of nitrogens with one attached hydrogen (secondary N) is 1. The summed E-state index contributed by atoms with van der Waals surface area (Å²) in [5, 5.41) is 2.84. The Kier molecular flexibility index (Phi) is 4.27. The molecule has 0 amide bonds. The maximum atomic E-state index is 14.0. The molecule has 0 spiro atoms. The molecule has 2 rings (SSSR count). The van der Waals surface area contributed by atoms with Crippen molar-refractivity contribution in [3.8, 4) is 11.1 Å². The Bertz CT molecular complexity index is 649. The van der Waals surface area contributed by atoms with Crippen molar-refractivity contribution in [1.29, 1.82) is 0 Å². The fourth-order valence-corrected chi connectivity index (χ4v) is 2.02. The summed E-state index contributed by atoms with van der Waals surface area (Å²) in [5.41, 5.74) is -0.756. The van der Waals surface area contributed by atoms with Crippen LogP contribution in [0.3, 0.4) is 0 Å². The summed E-state index contributed by atoms with van der Waals surface area (Å²) in [6.07, 6.45) is -4.82. The molecule has 1 N–H and O–H groups in total. The minimum absolute atomic E-state index is 0.000327. The normalized spacial score (nSPS) is 11.7. The highest BCUT2D eigenvalue weighted by Crippen LogP contribution is 2.35. The van der Waals surface area contributed by atoms with Crippen molar-refractivity contribution in [2.45, 2.75) is 12.7 Å². The smallest absolute Gasteiger partial charge is 0.316 e. The quantitative estimate of drug-likeness (QED) is 0.830.